The summed E-state index contributed by atoms with van der Waals surface area (Å²) in [4.78, 5) is 28.2. The number of hydrogen-bond donors (Lipinski definition) is 1. The van der Waals surface area contributed by atoms with Crippen LogP contribution in [0.1, 0.15) is 64.4 Å². The zero-order valence-corrected chi connectivity index (χ0v) is 20.0. The minimum Gasteiger partial charge on any atom is -0.338 e. The molecule has 2 amide bonds. The molecule has 184 valence electrons. The van der Waals surface area contributed by atoms with Crippen molar-refractivity contribution in [2.45, 2.75) is 71.0 Å². The number of fused-ring (bicyclic) bond motifs is 5. The van der Waals surface area contributed by atoms with E-state index >= 15 is 0 Å². The lowest BCUT2D eigenvalue weighted by molar-refractivity contribution is -0.142. The quantitative estimate of drug-likeness (QED) is 0.568. The van der Waals surface area contributed by atoms with E-state index in [0.29, 0.717) is 22.8 Å². The van der Waals surface area contributed by atoms with Gasteiger partial charge in [-0.2, -0.15) is 13.2 Å². The van der Waals surface area contributed by atoms with Crippen LogP contribution in [-0.2, 0) is 15.8 Å². The summed E-state index contributed by atoms with van der Waals surface area (Å²) in [5, 5.41) is 2.53. The molecule has 1 aliphatic heterocycles. The van der Waals surface area contributed by atoms with Crippen LogP contribution in [0.25, 0.3) is 0 Å². The molecule has 34 heavy (non-hydrogen) atoms. The third-order valence-electron chi connectivity index (χ3n) is 9.84. The first kappa shape index (κ1) is 23.4. The van der Waals surface area contributed by atoms with E-state index in [1.165, 1.54) is 43.5 Å². The van der Waals surface area contributed by atoms with Crippen LogP contribution in [0.3, 0.4) is 0 Å². The van der Waals surface area contributed by atoms with Crippen LogP contribution in [0.15, 0.2) is 35.9 Å². The second kappa shape index (κ2) is 7.85. The number of carbonyl (C=O) groups excluding carboxylic acids is 2. The molecule has 0 aromatic heterocycles. The molecule has 6 atom stereocenters. The van der Waals surface area contributed by atoms with E-state index in [1.54, 1.807) is 11.9 Å². The monoisotopic (exact) mass is 474 g/mol. The molecule has 4 aliphatic rings. The molecule has 1 heterocycles. The molecule has 1 N–H and O–H groups in total. The molecule has 1 aromatic carbocycles. The first-order valence-electron chi connectivity index (χ1n) is 12.4. The Labute approximate surface area is 199 Å². The highest BCUT2D eigenvalue weighted by molar-refractivity contribution is 6.10. The third-order valence-corrected chi connectivity index (χ3v) is 9.84. The number of para-hydroxylation sites is 1. The number of rotatable bonds is 2. The Hall–Kier alpha value is -2.31. The lowest BCUT2D eigenvalue weighted by Crippen LogP contribution is -2.62. The first-order chi connectivity index (χ1) is 16.0. The number of nitrogens with one attached hydrogen (secondary N) is 1. The average Bonchev–Trinajstić information content (AvgIpc) is 3.18. The lowest BCUT2D eigenvalue weighted by Gasteiger charge is -2.61. The van der Waals surface area contributed by atoms with Crippen LogP contribution in [0.2, 0.25) is 0 Å². The van der Waals surface area contributed by atoms with Crippen molar-refractivity contribution in [3.8, 4) is 0 Å². The maximum absolute atomic E-state index is 13.6. The van der Waals surface area contributed by atoms with Gasteiger partial charge in [-0.3, -0.25) is 9.59 Å². The van der Waals surface area contributed by atoms with Crippen LogP contribution < -0.4 is 5.32 Å². The van der Waals surface area contributed by atoms with Gasteiger partial charge in [-0.25, -0.2) is 0 Å². The number of benzene rings is 1. The summed E-state index contributed by atoms with van der Waals surface area (Å²) in [6, 6.07) is 4.89. The number of amides is 2. The summed E-state index contributed by atoms with van der Waals surface area (Å²) >= 11 is 0. The summed E-state index contributed by atoms with van der Waals surface area (Å²) in [6.45, 7) is 4.49. The molecule has 4 nitrogen and oxygen atoms in total. The van der Waals surface area contributed by atoms with Crippen molar-refractivity contribution in [2.75, 3.05) is 12.4 Å². The summed E-state index contributed by atoms with van der Waals surface area (Å²) in [5.41, 5.74) is -1.06. The SMILES string of the molecule is CN1C(=O)C=C(C(=O)Nc2ccccc2C(F)(F)F)[C@@]2(C)C1CC[C@@H]1[C@H]2CC[C@]2(C)CCC[C@@H]12. The Morgan fingerprint density at radius 3 is 2.53 bits per heavy atom. The topological polar surface area (TPSA) is 49.4 Å². The minimum absolute atomic E-state index is 0.129. The third kappa shape index (κ3) is 3.41. The van der Waals surface area contributed by atoms with Gasteiger partial charge in [0.05, 0.1) is 11.3 Å². The van der Waals surface area contributed by atoms with Gasteiger partial charge in [0.15, 0.2) is 0 Å². The fraction of sp³-hybridized carbons (Fsp3) is 0.630. The van der Waals surface area contributed by atoms with Gasteiger partial charge >= 0.3 is 6.18 Å². The lowest BCUT2D eigenvalue weighted by atomic mass is 9.47. The van der Waals surface area contributed by atoms with Crippen molar-refractivity contribution in [2.24, 2.45) is 28.6 Å². The van der Waals surface area contributed by atoms with Gasteiger partial charge in [-0.15, -0.1) is 0 Å². The highest BCUT2D eigenvalue weighted by atomic mass is 19.4. The zero-order valence-electron chi connectivity index (χ0n) is 20.0. The second-order valence-electron chi connectivity index (χ2n) is 11.3. The maximum atomic E-state index is 13.6. The number of likely N-dealkylation sites (N-methyl/N-ethyl adjacent to an activating group) is 1. The fourth-order valence-corrected chi connectivity index (χ4v) is 8.17. The Bertz CT molecular complexity index is 1050. The van der Waals surface area contributed by atoms with E-state index in [0.717, 1.165) is 31.7 Å². The molecule has 0 radical (unpaired) electrons. The van der Waals surface area contributed by atoms with Gasteiger partial charge in [0, 0.05) is 30.2 Å². The summed E-state index contributed by atoms with van der Waals surface area (Å²) in [5.74, 6) is 0.473. The molecule has 3 saturated carbocycles. The highest BCUT2D eigenvalue weighted by Crippen LogP contribution is 2.65. The Morgan fingerprint density at radius 1 is 1.06 bits per heavy atom. The van der Waals surface area contributed by atoms with E-state index in [1.807, 2.05) is 0 Å². The van der Waals surface area contributed by atoms with E-state index in [4.69, 9.17) is 0 Å². The molecule has 1 aromatic rings. The van der Waals surface area contributed by atoms with Crippen LogP contribution >= 0.6 is 0 Å². The fourth-order valence-electron chi connectivity index (χ4n) is 8.17. The van der Waals surface area contributed by atoms with Gasteiger partial charge in [-0.1, -0.05) is 32.4 Å². The largest absolute Gasteiger partial charge is 0.418 e. The predicted molar refractivity (Wildman–Crippen MR) is 124 cm³/mol. The number of hydrogen-bond acceptors (Lipinski definition) is 2. The molecule has 5 rings (SSSR count). The summed E-state index contributed by atoms with van der Waals surface area (Å²) in [6.07, 6.45) is 4.42. The molecule has 0 saturated heterocycles. The smallest absolute Gasteiger partial charge is 0.338 e. The molecular formula is C27H33F3N2O2. The van der Waals surface area contributed by atoms with Gasteiger partial charge in [0.1, 0.15) is 0 Å². The summed E-state index contributed by atoms with van der Waals surface area (Å²) in [7, 11) is 1.79. The average molecular weight is 475 g/mol. The minimum atomic E-state index is -4.58. The van der Waals surface area contributed by atoms with Crippen molar-refractivity contribution in [1.29, 1.82) is 0 Å². The predicted octanol–water partition coefficient (Wildman–Crippen LogP) is 6.04. The molecule has 0 bridgehead atoms. The number of halogens is 3. The maximum Gasteiger partial charge on any atom is 0.418 e. The Kier molecular flexibility index (Phi) is 5.41. The molecule has 0 spiro atoms. The van der Waals surface area contributed by atoms with E-state index < -0.39 is 23.1 Å². The summed E-state index contributed by atoms with van der Waals surface area (Å²) < 4.78 is 40.7. The number of anilines is 1. The molecule has 3 aliphatic carbocycles. The van der Waals surface area contributed by atoms with Crippen LogP contribution in [0.4, 0.5) is 18.9 Å². The van der Waals surface area contributed by atoms with Crippen molar-refractivity contribution < 1.29 is 22.8 Å². The van der Waals surface area contributed by atoms with E-state index in [9.17, 15) is 22.8 Å². The first-order valence-corrected chi connectivity index (χ1v) is 12.4. The normalized spacial score (nSPS) is 37.4. The van der Waals surface area contributed by atoms with Gasteiger partial charge in [0.25, 0.3) is 5.91 Å². The van der Waals surface area contributed by atoms with Gasteiger partial charge in [-0.05, 0) is 73.8 Å². The van der Waals surface area contributed by atoms with Crippen molar-refractivity contribution in [1.82, 2.24) is 4.90 Å². The zero-order chi connectivity index (χ0) is 24.5. The molecule has 1 unspecified atom stereocenters. The molecule has 7 heteroatoms. The van der Waals surface area contributed by atoms with Crippen LogP contribution in [-0.4, -0.2) is 29.8 Å². The number of nitrogens with zero attached hydrogens (tertiary/aromatic N) is 1. The number of alkyl halides is 3. The number of carbonyl (C=O) groups is 2. The van der Waals surface area contributed by atoms with Crippen LogP contribution in [0.5, 0.6) is 0 Å². The van der Waals surface area contributed by atoms with Gasteiger partial charge in [0.2, 0.25) is 5.91 Å². The van der Waals surface area contributed by atoms with E-state index in [-0.39, 0.29) is 23.6 Å². The Morgan fingerprint density at radius 2 is 1.79 bits per heavy atom. The van der Waals surface area contributed by atoms with Gasteiger partial charge < -0.3 is 10.2 Å². The Balaban J connectivity index is 1.53. The van der Waals surface area contributed by atoms with Crippen molar-refractivity contribution in [3.05, 3.63) is 41.5 Å². The van der Waals surface area contributed by atoms with E-state index in [2.05, 4.69) is 19.2 Å². The second-order valence-corrected chi connectivity index (χ2v) is 11.3. The van der Waals surface area contributed by atoms with Crippen molar-refractivity contribution in [3.63, 3.8) is 0 Å². The highest BCUT2D eigenvalue weighted by Gasteiger charge is 2.61. The van der Waals surface area contributed by atoms with Crippen LogP contribution in [0, 0.1) is 28.6 Å². The molecule has 3 fully saturated rings. The van der Waals surface area contributed by atoms with Crippen molar-refractivity contribution >= 4 is 17.5 Å². The standard InChI is InChI=1S/C27H33F3N2O2/c1-25-13-6-8-17(25)16-10-11-22-26(2,18(16)12-14-25)20(15-23(33)32(22)3)24(34)31-21-9-5-4-7-19(21)27(28,29)30/h4-5,7,9,15-18,22H,6,8,10-14H2,1-3H3,(H,31,34)/t16-,17-,18+,22?,25-,26-/m0/s1. The molecular weight excluding hydrogens is 441 g/mol.